The maximum Gasteiger partial charge on any atom is 0.408 e. The second-order valence-electron chi connectivity index (χ2n) is 12.8. The Hall–Kier alpha value is -4.73. The number of phenols is 2. The molecule has 0 saturated carbocycles. The van der Waals surface area contributed by atoms with Gasteiger partial charge in [0.15, 0.2) is 0 Å². The molecule has 3 amide bonds. The number of ether oxygens (including phenoxy) is 2. The van der Waals surface area contributed by atoms with Crippen molar-refractivity contribution in [2.24, 2.45) is 5.92 Å². The average Bonchev–Trinajstić information content (AvgIpc) is 2.99. The van der Waals surface area contributed by atoms with Crippen molar-refractivity contribution in [1.29, 1.82) is 0 Å². The number of carbonyl (C=O) groups is 3. The first-order chi connectivity index (χ1) is 21.7. The van der Waals surface area contributed by atoms with Gasteiger partial charge in [0.1, 0.15) is 34.9 Å². The van der Waals surface area contributed by atoms with E-state index in [0.717, 1.165) is 6.42 Å². The molecule has 46 heavy (non-hydrogen) atoms. The summed E-state index contributed by atoms with van der Waals surface area (Å²) in [6, 6.07) is 16.6. The minimum absolute atomic E-state index is 0.0549. The lowest BCUT2D eigenvalue weighted by Gasteiger charge is -2.39. The van der Waals surface area contributed by atoms with Crippen molar-refractivity contribution in [2.75, 3.05) is 12.4 Å². The fourth-order valence-electron chi connectivity index (χ4n) is 5.03. The van der Waals surface area contributed by atoms with E-state index in [1.54, 1.807) is 82.5 Å². The van der Waals surface area contributed by atoms with Crippen LogP contribution in [0.4, 0.5) is 10.5 Å². The molecule has 3 atom stereocenters. The number of anilines is 1. The fourth-order valence-corrected chi connectivity index (χ4v) is 5.03. The van der Waals surface area contributed by atoms with E-state index in [-0.39, 0.29) is 23.5 Å². The van der Waals surface area contributed by atoms with E-state index in [0.29, 0.717) is 29.3 Å². The van der Waals surface area contributed by atoms with Crippen molar-refractivity contribution in [3.8, 4) is 17.2 Å². The summed E-state index contributed by atoms with van der Waals surface area (Å²) in [6.07, 6.45) is 0.586. The van der Waals surface area contributed by atoms with Crippen molar-refractivity contribution in [2.45, 2.75) is 84.5 Å². The van der Waals surface area contributed by atoms with E-state index in [2.05, 4.69) is 24.5 Å². The van der Waals surface area contributed by atoms with Crippen LogP contribution in [-0.2, 0) is 20.7 Å². The quantitative estimate of drug-likeness (QED) is 0.167. The standard InChI is InChI=1S/C36H47N3O7/c1-23(2)12-13-24(3)39(34(43)30(38-35(44)46-36(4,5)6)22-25-14-18-27(40)19-15-25)32(29-10-8-9-11-31(29)41)33(42)37-26-16-20-28(45-7)21-17-26/h8-11,14-21,23-24,30,32,40-41H,12-13,22H2,1-7H3,(H,37,42)(H,38,44). The molecule has 0 bridgehead atoms. The van der Waals surface area contributed by atoms with Gasteiger partial charge in [-0.1, -0.05) is 44.2 Å². The van der Waals surface area contributed by atoms with Crippen molar-refractivity contribution in [3.05, 3.63) is 83.9 Å². The lowest BCUT2D eigenvalue weighted by molar-refractivity contribution is -0.143. The topological polar surface area (TPSA) is 137 Å². The van der Waals surface area contributed by atoms with Crippen molar-refractivity contribution < 1.29 is 34.1 Å². The van der Waals surface area contributed by atoms with Crippen molar-refractivity contribution >= 4 is 23.6 Å². The summed E-state index contributed by atoms with van der Waals surface area (Å²) in [4.78, 5) is 43.6. The number of hydrogen-bond donors (Lipinski definition) is 4. The Morgan fingerprint density at radius 1 is 0.870 bits per heavy atom. The minimum Gasteiger partial charge on any atom is -0.508 e. The van der Waals surface area contributed by atoms with E-state index >= 15 is 0 Å². The number of aromatic hydroxyl groups is 2. The lowest BCUT2D eigenvalue weighted by atomic mass is 9.95. The van der Waals surface area contributed by atoms with Gasteiger partial charge < -0.3 is 35.2 Å². The van der Waals surface area contributed by atoms with Crippen LogP contribution in [0.25, 0.3) is 0 Å². The maximum absolute atomic E-state index is 14.8. The Morgan fingerprint density at radius 2 is 1.50 bits per heavy atom. The molecule has 3 aromatic rings. The Kier molecular flexibility index (Phi) is 12.4. The third-order valence-electron chi connectivity index (χ3n) is 7.37. The molecular weight excluding hydrogens is 586 g/mol. The molecule has 3 rings (SSSR count). The molecule has 10 heteroatoms. The highest BCUT2D eigenvalue weighted by atomic mass is 16.6. The highest BCUT2D eigenvalue weighted by Gasteiger charge is 2.40. The number of benzene rings is 3. The summed E-state index contributed by atoms with van der Waals surface area (Å²) >= 11 is 0. The van der Waals surface area contributed by atoms with Crippen LogP contribution >= 0.6 is 0 Å². The number of phenolic OH excluding ortho intramolecular Hbond substituents is 2. The van der Waals surface area contributed by atoms with Gasteiger partial charge in [-0.2, -0.15) is 0 Å². The number of carbonyl (C=O) groups excluding carboxylic acids is 3. The van der Waals surface area contributed by atoms with Crippen LogP contribution < -0.4 is 15.4 Å². The number of hydrogen-bond acceptors (Lipinski definition) is 7. The molecule has 0 heterocycles. The predicted molar refractivity (Wildman–Crippen MR) is 178 cm³/mol. The largest absolute Gasteiger partial charge is 0.508 e. The molecule has 0 fully saturated rings. The fraction of sp³-hybridized carbons (Fsp3) is 0.417. The number of nitrogens with one attached hydrogen (secondary N) is 2. The van der Waals surface area contributed by atoms with Crippen LogP contribution in [-0.4, -0.2) is 57.8 Å². The zero-order valence-corrected chi connectivity index (χ0v) is 27.7. The summed E-state index contributed by atoms with van der Waals surface area (Å²) in [5.41, 5.74) is 0.556. The Balaban J connectivity index is 2.14. The highest BCUT2D eigenvalue weighted by Crippen LogP contribution is 2.34. The molecule has 248 valence electrons. The van der Waals surface area contributed by atoms with Crippen molar-refractivity contribution in [1.82, 2.24) is 10.2 Å². The second-order valence-corrected chi connectivity index (χ2v) is 12.8. The van der Waals surface area contributed by atoms with Gasteiger partial charge in [-0.25, -0.2) is 4.79 Å². The zero-order valence-electron chi connectivity index (χ0n) is 27.7. The van der Waals surface area contributed by atoms with Gasteiger partial charge in [-0.3, -0.25) is 9.59 Å². The summed E-state index contributed by atoms with van der Waals surface area (Å²) in [5.74, 6) is -0.235. The van der Waals surface area contributed by atoms with E-state index in [4.69, 9.17) is 9.47 Å². The number of alkyl carbamates (subject to hydrolysis) is 1. The summed E-state index contributed by atoms with van der Waals surface area (Å²) < 4.78 is 10.8. The Bertz CT molecular complexity index is 1450. The van der Waals surface area contributed by atoms with E-state index in [9.17, 15) is 24.6 Å². The smallest absolute Gasteiger partial charge is 0.408 e. The molecular formula is C36H47N3O7. The van der Waals surface area contributed by atoms with Crippen LogP contribution in [0.2, 0.25) is 0 Å². The first-order valence-electron chi connectivity index (χ1n) is 15.5. The van der Waals surface area contributed by atoms with E-state index in [1.165, 1.54) is 23.1 Å². The SMILES string of the molecule is COc1ccc(NC(=O)C(c2ccccc2O)N(C(=O)C(Cc2ccc(O)cc2)NC(=O)OC(C)(C)C)C(C)CCC(C)C)cc1. The predicted octanol–water partition coefficient (Wildman–Crippen LogP) is 6.58. The van der Waals surface area contributed by atoms with Gasteiger partial charge in [0.05, 0.1) is 7.11 Å². The normalized spacial score (nSPS) is 13.3. The Morgan fingerprint density at radius 3 is 2.07 bits per heavy atom. The summed E-state index contributed by atoms with van der Waals surface area (Å²) in [6.45, 7) is 11.2. The second kappa shape index (κ2) is 16.0. The third-order valence-corrected chi connectivity index (χ3v) is 7.37. The number of nitrogens with zero attached hydrogens (tertiary/aromatic N) is 1. The molecule has 0 saturated heterocycles. The molecule has 3 unspecified atom stereocenters. The zero-order chi connectivity index (χ0) is 34.0. The number of methoxy groups -OCH3 is 1. The van der Waals surface area contributed by atoms with Gasteiger partial charge in [-0.05, 0) is 94.5 Å². The number of rotatable bonds is 13. The monoisotopic (exact) mass is 633 g/mol. The van der Waals surface area contributed by atoms with Crippen molar-refractivity contribution in [3.63, 3.8) is 0 Å². The van der Waals surface area contributed by atoms with Gasteiger partial charge in [0.2, 0.25) is 5.91 Å². The van der Waals surface area contributed by atoms with Crippen LogP contribution in [0.5, 0.6) is 17.2 Å². The highest BCUT2D eigenvalue weighted by molar-refractivity contribution is 5.99. The van der Waals surface area contributed by atoms with Gasteiger partial charge in [-0.15, -0.1) is 0 Å². The van der Waals surface area contributed by atoms with Crippen LogP contribution in [0.15, 0.2) is 72.8 Å². The molecule has 0 radical (unpaired) electrons. The van der Waals surface area contributed by atoms with E-state index < -0.39 is 41.6 Å². The van der Waals surface area contributed by atoms with Crippen LogP contribution in [0.3, 0.4) is 0 Å². The summed E-state index contributed by atoms with van der Waals surface area (Å²) in [7, 11) is 1.55. The lowest BCUT2D eigenvalue weighted by Crippen LogP contribution is -2.55. The molecule has 3 aromatic carbocycles. The van der Waals surface area contributed by atoms with E-state index in [1.807, 2.05) is 6.92 Å². The van der Waals surface area contributed by atoms with Crippen LogP contribution in [0, 0.1) is 5.92 Å². The molecule has 0 aliphatic rings. The van der Waals surface area contributed by atoms with Crippen LogP contribution in [0.1, 0.15) is 71.6 Å². The molecule has 0 aromatic heterocycles. The molecule has 0 spiro atoms. The Labute approximate surface area is 271 Å². The molecule has 4 N–H and O–H groups in total. The first-order valence-corrected chi connectivity index (χ1v) is 15.5. The minimum atomic E-state index is -1.26. The third kappa shape index (κ3) is 10.4. The maximum atomic E-state index is 14.8. The average molecular weight is 634 g/mol. The summed E-state index contributed by atoms with van der Waals surface area (Å²) in [5, 5.41) is 26.5. The van der Waals surface area contributed by atoms with Gasteiger partial charge in [0.25, 0.3) is 5.91 Å². The number of para-hydroxylation sites is 1. The molecule has 0 aliphatic heterocycles. The first kappa shape index (κ1) is 35.7. The molecule has 0 aliphatic carbocycles. The number of amides is 3. The van der Waals surface area contributed by atoms with Gasteiger partial charge >= 0.3 is 6.09 Å². The van der Waals surface area contributed by atoms with Gasteiger partial charge in [0, 0.05) is 23.7 Å². The molecule has 10 nitrogen and oxygen atoms in total.